The van der Waals surface area contributed by atoms with E-state index >= 15 is 0 Å². The second-order valence-electron chi connectivity index (χ2n) is 15.9. The van der Waals surface area contributed by atoms with Crippen LogP contribution in [0.4, 0.5) is 28.7 Å². The number of hydrogen-bond acceptors (Lipinski definition) is 10. The number of anilines is 5. The van der Waals surface area contributed by atoms with Crippen molar-refractivity contribution in [1.82, 2.24) is 24.0 Å². The van der Waals surface area contributed by atoms with Crippen molar-refractivity contribution in [1.29, 1.82) is 5.26 Å². The van der Waals surface area contributed by atoms with Gasteiger partial charge in [-0.2, -0.15) is 5.26 Å². The van der Waals surface area contributed by atoms with Crippen LogP contribution in [-0.2, 0) is 36.0 Å². The van der Waals surface area contributed by atoms with Crippen LogP contribution in [0.25, 0.3) is 11.3 Å². The zero-order valence-electron chi connectivity index (χ0n) is 32.0. The molecule has 14 nitrogen and oxygen atoms in total. The van der Waals surface area contributed by atoms with Crippen LogP contribution < -0.4 is 26.0 Å². The first-order valence-corrected chi connectivity index (χ1v) is 18.8. The van der Waals surface area contributed by atoms with Gasteiger partial charge in [0.05, 0.1) is 41.9 Å². The van der Waals surface area contributed by atoms with E-state index in [1.54, 1.807) is 36.5 Å². The van der Waals surface area contributed by atoms with Gasteiger partial charge in [-0.05, 0) is 68.0 Å². The third-order valence-corrected chi connectivity index (χ3v) is 11.4. The molecule has 3 aliphatic heterocycles. The lowest BCUT2D eigenvalue weighted by Crippen LogP contribution is -2.59. The molecule has 0 bridgehead atoms. The smallest absolute Gasteiger partial charge is 0.293 e. The third-order valence-electron chi connectivity index (χ3n) is 11.4. The van der Waals surface area contributed by atoms with Crippen molar-refractivity contribution in [2.24, 2.45) is 12.5 Å². The first-order chi connectivity index (χ1) is 26.3. The van der Waals surface area contributed by atoms with Gasteiger partial charge < -0.3 is 29.4 Å². The lowest BCUT2D eigenvalue weighted by Gasteiger charge is -2.47. The van der Waals surface area contributed by atoms with Gasteiger partial charge in [0.2, 0.25) is 5.91 Å². The van der Waals surface area contributed by atoms with Crippen LogP contribution >= 0.6 is 0 Å². The number of carbonyl (C=O) groups excluding carboxylic acids is 2. The molecule has 1 atom stereocenters. The fourth-order valence-electron chi connectivity index (χ4n) is 8.61. The van der Waals surface area contributed by atoms with E-state index in [1.807, 2.05) is 13.0 Å². The van der Waals surface area contributed by atoms with Gasteiger partial charge in [-0.1, -0.05) is 20.4 Å². The Morgan fingerprint density at radius 3 is 2.64 bits per heavy atom. The van der Waals surface area contributed by atoms with E-state index in [-0.39, 0.29) is 28.7 Å². The molecule has 2 N–H and O–H groups in total. The molecule has 0 radical (unpaired) electrons. The van der Waals surface area contributed by atoms with E-state index in [2.05, 4.69) is 69.5 Å². The van der Waals surface area contributed by atoms with Crippen LogP contribution in [0.15, 0.2) is 54.1 Å². The Bertz CT molecular complexity index is 2350. The van der Waals surface area contributed by atoms with Crippen molar-refractivity contribution in [3.05, 3.63) is 87.7 Å². The number of aryl methyl sites for hydroxylation is 1. The largest absolute Gasteiger partial charge is 0.378 e. The van der Waals surface area contributed by atoms with E-state index in [0.29, 0.717) is 65.5 Å². The van der Waals surface area contributed by atoms with Gasteiger partial charge >= 0.3 is 0 Å². The second-order valence-corrected chi connectivity index (χ2v) is 15.9. The number of carbonyl (C=O) groups is 2. The molecule has 2 amide bonds. The number of pyridine rings is 1. The number of rotatable bonds is 8. The average Bonchev–Trinajstić information content (AvgIpc) is 3.62. The Morgan fingerprint density at radius 1 is 1.13 bits per heavy atom. The second kappa shape index (κ2) is 13.8. The quantitative estimate of drug-likeness (QED) is 0.249. The highest BCUT2D eigenvalue weighted by Crippen LogP contribution is 2.41. The van der Waals surface area contributed by atoms with Crippen LogP contribution in [-0.4, -0.2) is 87.3 Å². The highest BCUT2D eigenvalue weighted by atomic mass is 16.5. The van der Waals surface area contributed by atoms with Crippen LogP contribution in [0.3, 0.4) is 0 Å². The van der Waals surface area contributed by atoms with E-state index in [1.165, 1.54) is 21.9 Å². The zero-order valence-corrected chi connectivity index (χ0v) is 32.0. The number of nitrogens with one attached hydrogen (secondary N) is 2. The maximum Gasteiger partial charge on any atom is 0.293 e. The molecule has 4 aliphatic rings. The van der Waals surface area contributed by atoms with Gasteiger partial charge in [0.15, 0.2) is 5.82 Å². The minimum absolute atomic E-state index is 0.0319. The summed E-state index contributed by atoms with van der Waals surface area (Å²) in [4.78, 5) is 55.9. The number of nitriles is 1. The Hall–Kier alpha value is -5.78. The summed E-state index contributed by atoms with van der Waals surface area (Å²) in [6.07, 6.45) is 6.41. The van der Waals surface area contributed by atoms with Crippen LogP contribution in [0, 0.1) is 23.7 Å². The molecule has 3 aromatic heterocycles. The number of benzene rings is 1. The number of ether oxygens (including phenoxy) is 1. The molecule has 2 fully saturated rings. The first-order valence-electron chi connectivity index (χ1n) is 18.8. The van der Waals surface area contributed by atoms with Crippen LogP contribution in [0.1, 0.15) is 53.6 Å². The van der Waals surface area contributed by atoms with E-state index in [0.717, 1.165) is 50.3 Å². The molecule has 55 heavy (non-hydrogen) atoms. The first kappa shape index (κ1) is 36.2. The Labute approximate surface area is 320 Å². The summed E-state index contributed by atoms with van der Waals surface area (Å²) in [6, 6.07) is 10.0. The SMILES string of the molecule is C=CC(=O)Nc1cc(Nc2nc(-c3ccnc(N4CCn5c(cc6c5CC(C)(C)C6)C4=O)c3C)cn(C)c2=O)cc(C#N)c1N1CCN(C2COC2)C[C@@H]1C. The highest BCUT2D eigenvalue weighted by Gasteiger charge is 2.38. The van der Waals surface area contributed by atoms with Gasteiger partial charge in [0.1, 0.15) is 17.6 Å². The van der Waals surface area contributed by atoms with Crippen LogP contribution in [0.2, 0.25) is 0 Å². The average molecular weight is 743 g/mol. The van der Waals surface area contributed by atoms with Gasteiger partial charge in [-0.15, -0.1) is 0 Å². The monoisotopic (exact) mass is 742 g/mol. The molecule has 1 aromatic carbocycles. The normalized spacial score (nSPS) is 19.3. The summed E-state index contributed by atoms with van der Waals surface area (Å²) in [5.74, 6) is 0.0777. The fraction of sp³-hybridized carbons (Fsp3) is 0.415. The van der Waals surface area contributed by atoms with E-state index in [4.69, 9.17) is 9.72 Å². The minimum Gasteiger partial charge on any atom is -0.378 e. The van der Waals surface area contributed by atoms with Crippen molar-refractivity contribution in [2.45, 2.75) is 59.2 Å². The number of nitrogens with zero attached hydrogens (tertiary/aromatic N) is 8. The Balaban J connectivity index is 1.10. The summed E-state index contributed by atoms with van der Waals surface area (Å²) in [7, 11) is 1.65. The summed E-state index contributed by atoms with van der Waals surface area (Å²) in [6.45, 7) is 17.0. The van der Waals surface area contributed by atoms with Crippen molar-refractivity contribution in [3.63, 3.8) is 0 Å². The minimum atomic E-state index is -0.423. The van der Waals surface area contributed by atoms with Crippen molar-refractivity contribution in [3.8, 4) is 17.3 Å². The summed E-state index contributed by atoms with van der Waals surface area (Å²) in [5, 5.41) is 16.5. The lowest BCUT2D eigenvalue weighted by molar-refractivity contribution is -0.111. The van der Waals surface area contributed by atoms with Gasteiger partial charge in [-0.25, -0.2) is 9.97 Å². The molecule has 4 aromatic rings. The Kier molecular flexibility index (Phi) is 9.09. The van der Waals surface area contributed by atoms with Crippen molar-refractivity contribution < 1.29 is 14.3 Å². The number of piperazine rings is 1. The molecule has 2 saturated heterocycles. The van der Waals surface area contributed by atoms with E-state index < -0.39 is 5.91 Å². The lowest BCUT2D eigenvalue weighted by atomic mass is 9.90. The summed E-state index contributed by atoms with van der Waals surface area (Å²) < 4.78 is 9.04. The maximum absolute atomic E-state index is 13.9. The van der Waals surface area contributed by atoms with Gasteiger partial charge in [-0.3, -0.25) is 24.2 Å². The molecule has 6 heterocycles. The standard InChI is InChI=1S/C41H46N10O4/c1-7-35(52)45-31-16-28(14-27(19-42)36(31)49-11-10-48(20-24(49)2)29-22-55-23-29)44-37-40(54)47(6)21-32(46-37)30-8-9-43-38(25(30)3)51-13-12-50-33(39(51)53)15-26-17-41(4,5)18-34(26)50/h7-9,14-16,21,24,29H,1,10-13,17-18,20,22-23H2,2-6H3,(H,44,46)(H,45,52)/t24-/m0/s1. The number of amides is 2. The molecule has 1 aliphatic carbocycles. The van der Waals surface area contributed by atoms with Crippen LogP contribution in [0.5, 0.6) is 0 Å². The number of aromatic nitrogens is 4. The molecule has 0 unspecified atom stereocenters. The molecule has 8 rings (SSSR count). The topological polar surface area (TPSA) is 154 Å². The fourth-order valence-corrected chi connectivity index (χ4v) is 8.61. The molecule has 0 saturated carbocycles. The third kappa shape index (κ3) is 6.47. The van der Waals surface area contributed by atoms with Crippen molar-refractivity contribution in [2.75, 3.05) is 59.8 Å². The predicted molar refractivity (Wildman–Crippen MR) is 211 cm³/mol. The number of hydrogen-bond donors (Lipinski definition) is 2. The Morgan fingerprint density at radius 2 is 1.93 bits per heavy atom. The highest BCUT2D eigenvalue weighted by molar-refractivity contribution is 6.06. The summed E-state index contributed by atoms with van der Waals surface area (Å²) in [5.41, 5.74) is 6.77. The molecule has 14 heteroatoms. The molecule has 0 spiro atoms. The molecular formula is C41H46N10O4. The van der Waals surface area contributed by atoms with E-state index in [9.17, 15) is 19.6 Å². The molecule has 284 valence electrons. The summed E-state index contributed by atoms with van der Waals surface area (Å²) >= 11 is 0. The van der Waals surface area contributed by atoms with Gasteiger partial charge in [0, 0.05) is 80.7 Å². The van der Waals surface area contributed by atoms with Crippen molar-refractivity contribution >= 4 is 40.5 Å². The molecular weight excluding hydrogens is 697 g/mol. The zero-order chi connectivity index (χ0) is 38.8. The van der Waals surface area contributed by atoms with Gasteiger partial charge in [0.25, 0.3) is 11.5 Å². The number of fused-ring (bicyclic) bond motifs is 3. The predicted octanol–water partition coefficient (Wildman–Crippen LogP) is 4.39. The maximum atomic E-state index is 13.9.